The van der Waals surface area contributed by atoms with Crippen molar-refractivity contribution in [3.05, 3.63) is 60.3 Å². The van der Waals surface area contributed by atoms with Gasteiger partial charge in [-0.25, -0.2) is 4.79 Å². The Morgan fingerprint density at radius 2 is 1.79 bits per heavy atom. The average Bonchev–Trinajstić information content (AvgIpc) is 3.50. The molecule has 0 radical (unpaired) electrons. The van der Waals surface area contributed by atoms with E-state index in [9.17, 15) is 14.1 Å². The molecule has 2 aromatic carbocycles. The number of aromatic nitrogens is 1. The smallest absolute Gasteiger partial charge is 0.409 e. The largest absolute Gasteiger partial charge is 0.588 e. The van der Waals surface area contributed by atoms with Gasteiger partial charge in [0.1, 0.15) is 28.3 Å². The molecular formula is C29H34N4O5S. The number of anilines is 1. The molecule has 1 N–H and O–H groups in total. The molecule has 5 rings (SSSR count). The fourth-order valence-corrected chi connectivity index (χ4v) is 6.29. The Hall–Kier alpha value is -3.50. The van der Waals surface area contributed by atoms with Crippen molar-refractivity contribution in [3.8, 4) is 5.75 Å². The van der Waals surface area contributed by atoms with Crippen LogP contribution in [0.5, 0.6) is 5.75 Å². The third-order valence-corrected chi connectivity index (χ3v) is 8.63. The fourth-order valence-electron chi connectivity index (χ4n) is 5.27. The summed E-state index contributed by atoms with van der Waals surface area (Å²) in [4.78, 5) is 34.0. The van der Waals surface area contributed by atoms with Gasteiger partial charge in [-0.15, -0.1) is 0 Å². The minimum Gasteiger partial charge on any atom is -0.588 e. The molecule has 39 heavy (non-hydrogen) atoms. The number of benzene rings is 2. The normalized spacial score (nSPS) is 16.8. The van der Waals surface area contributed by atoms with Crippen LogP contribution in [0.15, 0.2) is 59.6 Å². The molecule has 1 aliphatic heterocycles. The highest BCUT2D eigenvalue weighted by Crippen LogP contribution is 2.30. The molecule has 0 bridgehead atoms. The second kappa shape index (κ2) is 12.6. The van der Waals surface area contributed by atoms with Crippen molar-refractivity contribution in [1.29, 1.82) is 0 Å². The van der Waals surface area contributed by atoms with Crippen LogP contribution in [-0.4, -0.2) is 71.2 Å². The average molecular weight is 551 g/mol. The lowest BCUT2D eigenvalue weighted by molar-refractivity contribution is 0.0548. The van der Waals surface area contributed by atoms with Gasteiger partial charge in [-0.05, 0) is 42.7 Å². The van der Waals surface area contributed by atoms with E-state index < -0.39 is 11.4 Å². The van der Waals surface area contributed by atoms with Gasteiger partial charge in [0.05, 0.1) is 13.7 Å². The quantitative estimate of drug-likeness (QED) is 0.400. The van der Waals surface area contributed by atoms with Gasteiger partial charge in [0.25, 0.3) is 5.91 Å². The predicted octanol–water partition coefficient (Wildman–Crippen LogP) is 4.85. The number of amides is 2. The number of nitrogens with one attached hydrogen (secondary N) is 1. The van der Waals surface area contributed by atoms with Crippen molar-refractivity contribution in [2.75, 3.05) is 44.6 Å². The molecule has 9 nitrogen and oxygen atoms in total. The molecule has 0 spiro atoms. The molecule has 1 saturated heterocycles. The first-order valence-corrected chi connectivity index (χ1v) is 14.6. The second-order valence-electron chi connectivity index (χ2n) is 9.95. The first-order chi connectivity index (χ1) is 19.0. The summed E-state index contributed by atoms with van der Waals surface area (Å²) in [5.74, 6) is 0.946. The molecule has 1 atom stereocenters. The summed E-state index contributed by atoms with van der Waals surface area (Å²) in [6.07, 6.45) is 7.34. The Morgan fingerprint density at radius 3 is 2.56 bits per heavy atom. The Morgan fingerprint density at radius 1 is 1.05 bits per heavy atom. The first-order valence-electron chi connectivity index (χ1n) is 13.4. The SMILES string of the molecule is COc1cc(C(=O)N2CCN(C(=O)OCCC3CCCC3)CC2)ccc1N[S+]([O-])c1cccc2cccnc12. The maximum atomic E-state index is 13.2. The number of carbonyl (C=O) groups excluding carboxylic acids is 2. The zero-order chi connectivity index (χ0) is 27.2. The number of hydrogen-bond donors (Lipinski definition) is 1. The molecule has 1 aliphatic carbocycles. The monoisotopic (exact) mass is 550 g/mol. The van der Waals surface area contributed by atoms with E-state index >= 15 is 0 Å². The van der Waals surface area contributed by atoms with Gasteiger partial charge >= 0.3 is 6.09 Å². The molecule has 2 heterocycles. The van der Waals surface area contributed by atoms with Gasteiger partial charge in [0, 0.05) is 43.3 Å². The number of methoxy groups -OCH3 is 1. The number of nitrogens with zero attached hydrogens (tertiary/aromatic N) is 3. The fraction of sp³-hybridized carbons (Fsp3) is 0.414. The van der Waals surface area contributed by atoms with E-state index in [4.69, 9.17) is 9.47 Å². The standard InChI is InChI=1S/C29H34N4O5S/c1-37-25-20-23(11-12-24(25)31-39(36)26-10-4-8-22-9-5-14-30-27(22)26)28(34)32-15-17-33(18-16-32)29(35)38-19-13-21-6-2-3-7-21/h4-5,8-12,14,20-21,31H,2-3,6-7,13,15-19H2,1H3. The van der Waals surface area contributed by atoms with Gasteiger partial charge in [-0.1, -0.05) is 43.9 Å². The van der Waals surface area contributed by atoms with Crippen molar-refractivity contribution in [2.45, 2.75) is 37.0 Å². The van der Waals surface area contributed by atoms with Crippen LogP contribution in [0.2, 0.25) is 0 Å². The molecule has 1 unspecified atom stereocenters. The van der Waals surface area contributed by atoms with Crippen molar-refractivity contribution in [2.24, 2.45) is 5.92 Å². The highest BCUT2D eigenvalue weighted by Gasteiger charge is 2.27. The van der Waals surface area contributed by atoms with E-state index in [0.717, 1.165) is 11.8 Å². The summed E-state index contributed by atoms with van der Waals surface area (Å²) in [6.45, 7) is 2.18. The van der Waals surface area contributed by atoms with Crippen molar-refractivity contribution >= 4 is 40.0 Å². The maximum absolute atomic E-state index is 13.2. The van der Waals surface area contributed by atoms with Crippen molar-refractivity contribution in [1.82, 2.24) is 14.8 Å². The van der Waals surface area contributed by atoms with Crippen LogP contribution in [0.25, 0.3) is 10.9 Å². The third-order valence-electron chi connectivity index (χ3n) is 7.50. The molecule has 2 aliphatic rings. The molecule has 206 valence electrons. The summed E-state index contributed by atoms with van der Waals surface area (Å²) in [7, 11) is 1.51. The van der Waals surface area contributed by atoms with E-state index in [2.05, 4.69) is 9.71 Å². The van der Waals surface area contributed by atoms with Crippen LogP contribution < -0.4 is 9.46 Å². The highest BCUT2D eigenvalue weighted by molar-refractivity contribution is 7.93. The molecular weight excluding hydrogens is 516 g/mol. The van der Waals surface area contributed by atoms with E-state index in [0.29, 0.717) is 66.1 Å². The first kappa shape index (κ1) is 27.1. The Balaban J connectivity index is 1.17. The zero-order valence-corrected chi connectivity index (χ0v) is 23.0. The van der Waals surface area contributed by atoms with Gasteiger partial charge in [0.2, 0.25) is 4.90 Å². The predicted molar refractivity (Wildman–Crippen MR) is 150 cm³/mol. The lowest BCUT2D eigenvalue weighted by atomic mass is 10.1. The molecule has 10 heteroatoms. The number of piperazine rings is 1. The Labute approximate surface area is 231 Å². The number of hydrogen-bond acceptors (Lipinski definition) is 7. The van der Waals surface area contributed by atoms with Crippen LogP contribution in [0.3, 0.4) is 0 Å². The van der Waals surface area contributed by atoms with E-state index in [1.807, 2.05) is 24.3 Å². The highest BCUT2D eigenvalue weighted by atomic mass is 32.2. The lowest BCUT2D eigenvalue weighted by Gasteiger charge is -2.34. The summed E-state index contributed by atoms with van der Waals surface area (Å²) in [5.41, 5.74) is 1.63. The van der Waals surface area contributed by atoms with Gasteiger partial charge in [-0.3, -0.25) is 9.78 Å². The van der Waals surface area contributed by atoms with E-state index in [1.165, 1.54) is 32.8 Å². The summed E-state index contributed by atoms with van der Waals surface area (Å²) in [5, 5.41) is 0.899. The number of rotatable bonds is 8. The van der Waals surface area contributed by atoms with E-state index in [1.54, 1.807) is 40.3 Å². The zero-order valence-electron chi connectivity index (χ0n) is 22.1. The number of carbonyl (C=O) groups is 2. The van der Waals surface area contributed by atoms with Crippen LogP contribution in [0.4, 0.5) is 10.5 Å². The minimum atomic E-state index is -1.59. The van der Waals surface area contributed by atoms with Crippen LogP contribution in [0.1, 0.15) is 42.5 Å². The second-order valence-corrected chi connectivity index (χ2v) is 11.1. The topological polar surface area (TPSA) is 107 Å². The summed E-state index contributed by atoms with van der Waals surface area (Å²) in [6, 6.07) is 14.3. The van der Waals surface area contributed by atoms with Gasteiger partial charge < -0.3 is 23.8 Å². The molecule has 2 fully saturated rings. The third kappa shape index (κ3) is 6.39. The Kier molecular flexibility index (Phi) is 8.73. The van der Waals surface area contributed by atoms with Crippen LogP contribution >= 0.6 is 0 Å². The minimum absolute atomic E-state index is 0.145. The van der Waals surface area contributed by atoms with Crippen LogP contribution in [0, 0.1) is 5.92 Å². The number of para-hydroxylation sites is 1. The van der Waals surface area contributed by atoms with Gasteiger partial charge in [0.15, 0.2) is 0 Å². The molecule has 3 aromatic rings. The van der Waals surface area contributed by atoms with Gasteiger partial charge in [-0.2, -0.15) is 4.72 Å². The number of fused-ring (bicyclic) bond motifs is 1. The maximum Gasteiger partial charge on any atom is 0.409 e. The van der Waals surface area contributed by atoms with Crippen molar-refractivity contribution in [3.63, 3.8) is 0 Å². The number of pyridine rings is 1. The molecule has 2 amide bonds. The van der Waals surface area contributed by atoms with E-state index in [-0.39, 0.29) is 12.0 Å². The van der Waals surface area contributed by atoms with Crippen molar-refractivity contribution < 1.29 is 23.6 Å². The lowest BCUT2D eigenvalue weighted by Crippen LogP contribution is -2.50. The molecule has 1 saturated carbocycles. The summed E-state index contributed by atoms with van der Waals surface area (Å²) < 4.78 is 27.2. The van der Waals surface area contributed by atoms with Crippen LogP contribution in [-0.2, 0) is 16.1 Å². The molecule has 1 aromatic heterocycles. The summed E-state index contributed by atoms with van der Waals surface area (Å²) >= 11 is -1.59. The Bertz CT molecular complexity index is 1300. The number of ether oxygens (including phenoxy) is 2.